The van der Waals surface area contributed by atoms with Crippen molar-refractivity contribution in [2.45, 2.75) is 75.8 Å². The van der Waals surface area contributed by atoms with E-state index in [2.05, 4.69) is 15.5 Å². The molecule has 0 aliphatic carbocycles. The van der Waals surface area contributed by atoms with Crippen molar-refractivity contribution in [2.24, 2.45) is 0 Å². The molecule has 1 atom stereocenters. The molecule has 4 rings (SSSR count). The monoisotopic (exact) mass is 524 g/mol. The summed E-state index contributed by atoms with van der Waals surface area (Å²) in [6, 6.07) is 2.85. The zero-order chi connectivity index (χ0) is 26.5. The summed E-state index contributed by atoms with van der Waals surface area (Å²) in [6.45, 7) is 10.6. The Morgan fingerprint density at radius 1 is 1.25 bits per heavy atom. The highest BCUT2D eigenvalue weighted by molar-refractivity contribution is 7.99. The average molecular weight is 525 g/mol. The molecule has 0 unspecified atom stereocenters. The molecule has 2 aliphatic heterocycles. The van der Waals surface area contributed by atoms with Gasteiger partial charge in [0.15, 0.2) is 5.82 Å². The molecule has 0 spiro atoms. The van der Waals surface area contributed by atoms with Crippen LogP contribution in [-0.4, -0.2) is 51.0 Å². The number of thioether (sulfide) groups is 1. The molecule has 2 aromatic rings. The molecule has 3 heterocycles. The second kappa shape index (κ2) is 9.32. The van der Waals surface area contributed by atoms with E-state index >= 15 is 0 Å². The lowest BCUT2D eigenvalue weighted by Crippen LogP contribution is -2.47. The molecule has 1 amide bonds. The van der Waals surface area contributed by atoms with Crippen LogP contribution in [-0.2, 0) is 21.4 Å². The maximum absolute atomic E-state index is 13.1. The summed E-state index contributed by atoms with van der Waals surface area (Å²) >= 11 is 1.67. The lowest BCUT2D eigenvalue weighted by Gasteiger charge is -2.34. The zero-order valence-corrected chi connectivity index (χ0v) is 21.8. The number of fused-ring (bicyclic) bond motifs is 1. The summed E-state index contributed by atoms with van der Waals surface area (Å²) in [5.74, 6) is 0.737. The highest BCUT2D eigenvalue weighted by atomic mass is 32.2. The lowest BCUT2D eigenvalue weighted by atomic mass is 9.92. The summed E-state index contributed by atoms with van der Waals surface area (Å²) in [4.78, 5) is 14.2. The van der Waals surface area contributed by atoms with Gasteiger partial charge in [0.2, 0.25) is 0 Å². The van der Waals surface area contributed by atoms with E-state index in [9.17, 15) is 23.1 Å². The summed E-state index contributed by atoms with van der Waals surface area (Å²) in [6.07, 6.45) is -3.26. The number of anilines is 1. The second-order valence-corrected chi connectivity index (χ2v) is 12.3. The number of ether oxygens (including phenoxy) is 1. The van der Waals surface area contributed by atoms with Gasteiger partial charge in [0, 0.05) is 46.3 Å². The van der Waals surface area contributed by atoms with E-state index in [-0.39, 0.29) is 22.4 Å². The van der Waals surface area contributed by atoms with Crippen molar-refractivity contribution < 1.29 is 27.8 Å². The molecule has 36 heavy (non-hydrogen) atoms. The molecule has 2 N–H and O–H groups in total. The van der Waals surface area contributed by atoms with Crippen molar-refractivity contribution in [3.8, 4) is 17.0 Å². The standard InChI is InChI=1S/C25H31F3N4O3S/c1-23(2,3)35-22(34)32-10-6-7-15(12-32)29-21-17-13-36-24(4,5)19(17)20(30-31-21)16-9-8-14(11-18(16)33)25(26,27)28/h8-9,11,15,33H,6-7,10,12-13H2,1-5H3,(H,29,31)/t15-/m1/s1. The van der Waals surface area contributed by atoms with E-state index < -0.39 is 23.1 Å². The predicted octanol–water partition coefficient (Wildman–Crippen LogP) is 6.16. The molecule has 0 radical (unpaired) electrons. The maximum Gasteiger partial charge on any atom is 0.416 e. The number of phenols is 1. The Kier molecular flexibility index (Phi) is 6.83. The molecule has 0 saturated carbocycles. The molecule has 1 aromatic heterocycles. The minimum absolute atomic E-state index is 0.0521. The Morgan fingerprint density at radius 3 is 2.61 bits per heavy atom. The largest absolute Gasteiger partial charge is 0.507 e. The van der Waals surface area contributed by atoms with E-state index in [1.807, 2.05) is 34.6 Å². The Bertz CT molecular complexity index is 1160. The van der Waals surface area contributed by atoms with Gasteiger partial charge in [-0.05, 0) is 65.7 Å². The summed E-state index contributed by atoms with van der Waals surface area (Å²) < 4.78 is 44.4. The molecular weight excluding hydrogens is 493 g/mol. The van der Waals surface area contributed by atoms with Crippen LogP contribution in [0.5, 0.6) is 5.75 Å². The molecular formula is C25H31F3N4O3S. The SMILES string of the molecule is CC(C)(C)OC(=O)N1CCC[C@@H](Nc2nnc(-c3ccc(C(F)(F)F)cc3O)c3c2CSC3(C)C)C1. The number of amides is 1. The molecule has 11 heteroatoms. The van der Waals surface area contributed by atoms with Gasteiger partial charge in [-0.2, -0.15) is 13.2 Å². The third-order valence-corrected chi connectivity index (χ3v) is 7.61. The number of likely N-dealkylation sites (tertiary alicyclic amines) is 1. The molecule has 2 aliphatic rings. The number of aromatic hydroxyl groups is 1. The van der Waals surface area contributed by atoms with Gasteiger partial charge < -0.3 is 20.1 Å². The van der Waals surface area contributed by atoms with Gasteiger partial charge in [-0.3, -0.25) is 0 Å². The number of piperidine rings is 1. The first-order chi connectivity index (χ1) is 16.7. The van der Waals surface area contributed by atoms with Gasteiger partial charge >= 0.3 is 12.3 Å². The van der Waals surface area contributed by atoms with Crippen LogP contribution < -0.4 is 5.32 Å². The van der Waals surface area contributed by atoms with Crippen molar-refractivity contribution in [1.82, 2.24) is 15.1 Å². The highest BCUT2D eigenvalue weighted by Crippen LogP contribution is 2.52. The number of alkyl halides is 3. The van der Waals surface area contributed by atoms with E-state index in [4.69, 9.17) is 4.74 Å². The topological polar surface area (TPSA) is 87.6 Å². The van der Waals surface area contributed by atoms with E-state index in [0.717, 1.165) is 36.1 Å². The first-order valence-electron chi connectivity index (χ1n) is 11.8. The van der Waals surface area contributed by atoms with Crippen LogP contribution in [0.4, 0.5) is 23.8 Å². The number of phenolic OH excluding ortho intramolecular Hbond substituents is 1. The van der Waals surface area contributed by atoms with Crippen LogP contribution in [0.3, 0.4) is 0 Å². The molecule has 7 nitrogen and oxygen atoms in total. The van der Waals surface area contributed by atoms with Gasteiger partial charge in [0.25, 0.3) is 0 Å². The fourth-order valence-corrected chi connectivity index (χ4v) is 5.73. The predicted molar refractivity (Wildman–Crippen MR) is 133 cm³/mol. The Balaban J connectivity index is 1.63. The Labute approximate surface area is 212 Å². The fraction of sp³-hybridized carbons (Fsp3) is 0.560. The van der Waals surface area contributed by atoms with Gasteiger partial charge in [-0.15, -0.1) is 22.0 Å². The van der Waals surface area contributed by atoms with Crippen LogP contribution in [0, 0.1) is 0 Å². The third kappa shape index (κ3) is 5.50. The van der Waals surface area contributed by atoms with Gasteiger partial charge in [0.1, 0.15) is 17.0 Å². The Hall–Kier alpha value is -2.69. The Morgan fingerprint density at radius 2 is 1.97 bits per heavy atom. The molecule has 1 fully saturated rings. The number of carbonyl (C=O) groups is 1. The number of nitrogens with zero attached hydrogens (tertiary/aromatic N) is 3. The smallest absolute Gasteiger partial charge is 0.416 e. The first kappa shape index (κ1) is 26.4. The second-order valence-electron chi connectivity index (χ2n) is 10.7. The third-order valence-electron chi connectivity index (χ3n) is 6.25. The number of halogens is 3. The zero-order valence-electron chi connectivity index (χ0n) is 21.0. The van der Waals surface area contributed by atoms with Crippen LogP contribution in [0.1, 0.15) is 64.2 Å². The van der Waals surface area contributed by atoms with Crippen molar-refractivity contribution in [2.75, 3.05) is 18.4 Å². The number of hydrogen-bond acceptors (Lipinski definition) is 7. The number of nitrogens with one attached hydrogen (secondary N) is 1. The normalized spacial score (nSPS) is 19.7. The van der Waals surface area contributed by atoms with Crippen LogP contribution in [0.25, 0.3) is 11.3 Å². The number of benzene rings is 1. The van der Waals surface area contributed by atoms with Crippen molar-refractivity contribution >= 4 is 23.7 Å². The first-order valence-corrected chi connectivity index (χ1v) is 12.8. The minimum atomic E-state index is -4.56. The summed E-state index contributed by atoms with van der Waals surface area (Å²) in [7, 11) is 0. The minimum Gasteiger partial charge on any atom is -0.507 e. The van der Waals surface area contributed by atoms with Gasteiger partial charge in [0.05, 0.1) is 5.56 Å². The molecule has 1 saturated heterocycles. The van der Waals surface area contributed by atoms with E-state index in [1.165, 1.54) is 6.07 Å². The average Bonchev–Trinajstić information content (AvgIpc) is 3.08. The molecule has 1 aromatic carbocycles. The number of hydrogen-bond donors (Lipinski definition) is 2. The van der Waals surface area contributed by atoms with Crippen LogP contribution >= 0.6 is 11.8 Å². The highest BCUT2D eigenvalue weighted by Gasteiger charge is 2.39. The van der Waals surface area contributed by atoms with E-state index in [0.29, 0.717) is 30.4 Å². The van der Waals surface area contributed by atoms with Crippen LogP contribution in [0.15, 0.2) is 18.2 Å². The quantitative estimate of drug-likeness (QED) is 0.497. The number of carbonyl (C=O) groups excluding carboxylic acids is 1. The molecule has 0 bridgehead atoms. The van der Waals surface area contributed by atoms with E-state index in [1.54, 1.807) is 16.7 Å². The summed E-state index contributed by atoms with van der Waals surface area (Å²) in [5, 5.41) is 22.7. The van der Waals surface area contributed by atoms with Gasteiger partial charge in [-0.25, -0.2) is 4.79 Å². The fourth-order valence-electron chi connectivity index (χ4n) is 4.58. The van der Waals surface area contributed by atoms with Crippen LogP contribution in [0.2, 0.25) is 0 Å². The van der Waals surface area contributed by atoms with Crippen molar-refractivity contribution in [1.29, 1.82) is 0 Å². The number of aromatic nitrogens is 2. The number of rotatable bonds is 3. The van der Waals surface area contributed by atoms with Crippen molar-refractivity contribution in [3.63, 3.8) is 0 Å². The summed E-state index contributed by atoms with van der Waals surface area (Å²) in [5.41, 5.74) is 0.820. The maximum atomic E-state index is 13.1. The lowest BCUT2D eigenvalue weighted by molar-refractivity contribution is -0.137. The molecule has 196 valence electrons. The van der Waals surface area contributed by atoms with Gasteiger partial charge in [-0.1, -0.05) is 0 Å². The van der Waals surface area contributed by atoms with Crippen molar-refractivity contribution in [3.05, 3.63) is 34.9 Å².